The molecule has 0 aromatic heterocycles. The average molecular weight is 500 g/mol. The summed E-state index contributed by atoms with van der Waals surface area (Å²) in [7, 11) is -14.8. The second kappa shape index (κ2) is 10.2. The van der Waals surface area contributed by atoms with E-state index in [9.17, 15) is 26.0 Å². The Kier molecular flexibility index (Phi) is 8.89. The van der Waals surface area contributed by atoms with Gasteiger partial charge in [-0.2, -0.15) is 16.8 Å². The Balaban J connectivity index is 1.94. The highest BCUT2D eigenvalue weighted by molar-refractivity contribution is 7.87. The molecule has 172 valence electrons. The van der Waals surface area contributed by atoms with Crippen LogP contribution in [0.5, 0.6) is 0 Å². The van der Waals surface area contributed by atoms with Crippen molar-refractivity contribution in [1.29, 1.82) is 0 Å². The first-order valence-corrected chi connectivity index (χ1v) is 15.6. The normalized spacial score (nSPS) is 30.0. The minimum atomic E-state index is -3.70. The molecule has 2 saturated heterocycles. The van der Waals surface area contributed by atoms with Crippen molar-refractivity contribution in [3.63, 3.8) is 0 Å². The maximum absolute atomic E-state index is 12.9. The number of rotatable bonds is 12. The summed E-state index contributed by atoms with van der Waals surface area (Å²) in [5, 5.41) is 0. The van der Waals surface area contributed by atoms with Gasteiger partial charge in [0.05, 0.1) is 38.8 Å². The van der Waals surface area contributed by atoms with Gasteiger partial charge in [0.2, 0.25) is 0 Å². The van der Waals surface area contributed by atoms with Gasteiger partial charge in [-0.3, -0.25) is 17.5 Å². The molecule has 2 heterocycles. The molecule has 2 rings (SSSR count). The van der Waals surface area contributed by atoms with Crippen molar-refractivity contribution in [2.75, 3.05) is 50.3 Å². The molecular weight excluding hydrogens is 474 g/mol. The van der Waals surface area contributed by atoms with Crippen LogP contribution in [0.25, 0.3) is 0 Å². The Bertz CT molecular complexity index is 785. The highest BCUT2D eigenvalue weighted by Gasteiger charge is 2.39. The summed E-state index contributed by atoms with van der Waals surface area (Å²) in [5.74, 6) is -0.860. The minimum absolute atomic E-state index is 0.0508. The third-order valence-corrected chi connectivity index (χ3v) is 10.6. The lowest BCUT2D eigenvalue weighted by atomic mass is 10.5. The molecule has 0 radical (unpaired) electrons. The SMILES string of the molecule is CCOP(=O)(CCCP(=O)(OCC)OC1COS(=O)(=O)C1)OC1COS(=O)(=O)C1. The summed E-state index contributed by atoms with van der Waals surface area (Å²) in [6.07, 6.45) is -2.11. The smallest absolute Gasteiger partial charge is 0.309 e. The van der Waals surface area contributed by atoms with E-state index in [1.54, 1.807) is 13.8 Å². The summed E-state index contributed by atoms with van der Waals surface area (Å²) in [4.78, 5) is 0. The van der Waals surface area contributed by atoms with Gasteiger partial charge >= 0.3 is 15.2 Å². The molecule has 29 heavy (non-hydrogen) atoms. The van der Waals surface area contributed by atoms with Crippen LogP contribution in [0.2, 0.25) is 0 Å². The van der Waals surface area contributed by atoms with E-state index in [0.29, 0.717) is 0 Å². The van der Waals surface area contributed by atoms with Gasteiger partial charge in [-0.25, -0.2) is 0 Å². The minimum Gasteiger partial charge on any atom is -0.309 e. The molecule has 16 heteroatoms. The van der Waals surface area contributed by atoms with E-state index in [1.807, 2.05) is 0 Å². The second-order valence-corrected chi connectivity index (χ2v) is 14.0. The molecular formula is C13H26O12P2S2. The van der Waals surface area contributed by atoms with E-state index >= 15 is 0 Å². The number of hydrogen-bond acceptors (Lipinski definition) is 12. The topological polar surface area (TPSA) is 158 Å². The van der Waals surface area contributed by atoms with Crippen molar-refractivity contribution in [1.82, 2.24) is 0 Å². The lowest BCUT2D eigenvalue weighted by molar-refractivity contribution is 0.137. The molecule has 4 atom stereocenters. The van der Waals surface area contributed by atoms with Gasteiger partial charge in [0.1, 0.15) is 23.7 Å². The second-order valence-electron chi connectivity index (χ2n) is 6.33. The Morgan fingerprint density at radius 3 is 1.45 bits per heavy atom. The molecule has 0 saturated carbocycles. The molecule has 0 bridgehead atoms. The Morgan fingerprint density at radius 1 is 0.793 bits per heavy atom. The van der Waals surface area contributed by atoms with E-state index in [-0.39, 0.29) is 45.2 Å². The first kappa shape index (κ1) is 25.4. The van der Waals surface area contributed by atoms with Crippen LogP contribution in [0.4, 0.5) is 0 Å². The molecule has 0 amide bonds. The lowest BCUT2D eigenvalue weighted by Crippen LogP contribution is -2.19. The van der Waals surface area contributed by atoms with Crippen molar-refractivity contribution in [3.05, 3.63) is 0 Å². The predicted molar refractivity (Wildman–Crippen MR) is 102 cm³/mol. The molecule has 4 unspecified atom stereocenters. The van der Waals surface area contributed by atoms with Crippen molar-refractivity contribution in [2.45, 2.75) is 32.5 Å². The standard InChI is InChI=1S/C13H26O12P2S2/c1-3-20-26(14,24-12-8-22-28(16,17)10-12)6-5-7-27(15,21-4-2)25-13-9-23-29(18,19)11-13/h12-13H,3-11H2,1-2H3. The zero-order valence-electron chi connectivity index (χ0n) is 16.1. The van der Waals surface area contributed by atoms with Crippen molar-refractivity contribution in [2.24, 2.45) is 0 Å². The third kappa shape index (κ3) is 8.29. The maximum atomic E-state index is 12.9. The molecule has 0 aromatic rings. The van der Waals surface area contributed by atoms with Crippen LogP contribution < -0.4 is 0 Å². The van der Waals surface area contributed by atoms with Gasteiger partial charge in [0.25, 0.3) is 20.2 Å². The van der Waals surface area contributed by atoms with Gasteiger partial charge in [0, 0.05) is 0 Å². The van der Waals surface area contributed by atoms with Gasteiger partial charge in [-0.05, 0) is 20.3 Å². The van der Waals surface area contributed by atoms with E-state index < -0.39 is 59.1 Å². The highest BCUT2D eigenvalue weighted by atomic mass is 32.2. The van der Waals surface area contributed by atoms with Crippen LogP contribution in [0.3, 0.4) is 0 Å². The van der Waals surface area contributed by atoms with Crippen molar-refractivity contribution in [3.8, 4) is 0 Å². The molecule has 0 spiro atoms. The quantitative estimate of drug-likeness (QED) is 0.280. The Morgan fingerprint density at radius 2 is 1.17 bits per heavy atom. The molecule has 2 fully saturated rings. The lowest BCUT2D eigenvalue weighted by Gasteiger charge is -2.23. The van der Waals surface area contributed by atoms with Crippen molar-refractivity contribution < 1.29 is 52.4 Å². The molecule has 2 aliphatic heterocycles. The summed E-state index contributed by atoms with van der Waals surface area (Å²) >= 11 is 0. The maximum Gasteiger partial charge on any atom is 0.331 e. The predicted octanol–water partition coefficient (Wildman–Crippen LogP) is 1.33. The third-order valence-electron chi connectivity index (χ3n) is 3.78. The fraction of sp³-hybridized carbons (Fsp3) is 1.00. The van der Waals surface area contributed by atoms with Crippen LogP contribution in [0.1, 0.15) is 20.3 Å². The zero-order valence-corrected chi connectivity index (χ0v) is 19.6. The highest BCUT2D eigenvalue weighted by Crippen LogP contribution is 2.54. The first-order valence-electron chi connectivity index (χ1n) is 8.98. The van der Waals surface area contributed by atoms with Crippen LogP contribution in [-0.4, -0.2) is 79.3 Å². The van der Waals surface area contributed by atoms with Gasteiger partial charge in [0.15, 0.2) is 0 Å². The van der Waals surface area contributed by atoms with Gasteiger partial charge in [-0.1, -0.05) is 0 Å². The summed E-state index contributed by atoms with van der Waals surface area (Å²) in [6, 6.07) is 0. The Labute approximate surface area is 170 Å². The molecule has 0 aliphatic carbocycles. The Hall–Kier alpha value is 0.120. The zero-order chi connectivity index (χ0) is 21.8. The van der Waals surface area contributed by atoms with Crippen molar-refractivity contribution >= 4 is 35.4 Å². The molecule has 12 nitrogen and oxygen atoms in total. The fourth-order valence-electron chi connectivity index (χ4n) is 2.73. The fourth-order valence-corrected chi connectivity index (χ4v) is 8.98. The molecule has 2 aliphatic rings. The van der Waals surface area contributed by atoms with E-state index in [2.05, 4.69) is 8.37 Å². The molecule has 0 aromatic carbocycles. The largest absolute Gasteiger partial charge is 0.331 e. The monoisotopic (exact) mass is 500 g/mol. The van der Waals surface area contributed by atoms with E-state index in [4.69, 9.17) is 18.1 Å². The first-order chi connectivity index (χ1) is 13.4. The van der Waals surface area contributed by atoms with E-state index in [1.165, 1.54) is 0 Å². The van der Waals surface area contributed by atoms with E-state index in [0.717, 1.165) is 0 Å². The summed E-state index contributed by atoms with van der Waals surface area (Å²) in [5.41, 5.74) is 0. The van der Waals surface area contributed by atoms with Gasteiger partial charge < -0.3 is 18.1 Å². The van der Waals surface area contributed by atoms with Crippen LogP contribution in [-0.2, 0) is 55.8 Å². The van der Waals surface area contributed by atoms with Crippen LogP contribution in [0.15, 0.2) is 0 Å². The summed E-state index contributed by atoms with van der Waals surface area (Å²) in [6.45, 7) is 2.83. The van der Waals surface area contributed by atoms with Gasteiger partial charge in [-0.15, -0.1) is 0 Å². The summed E-state index contributed by atoms with van der Waals surface area (Å²) < 4.78 is 102. The average Bonchev–Trinajstić information content (AvgIpc) is 3.08. The molecule has 0 N–H and O–H groups in total. The number of hydrogen-bond donors (Lipinski definition) is 0. The van der Waals surface area contributed by atoms with Crippen LogP contribution >= 0.6 is 15.2 Å². The van der Waals surface area contributed by atoms with Crippen LogP contribution in [0, 0.1) is 0 Å².